The molecule has 40 heavy (non-hydrogen) atoms. The summed E-state index contributed by atoms with van der Waals surface area (Å²) in [6.07, 6.45) is 4.27. The third-order valence-corrected chi connectivity index (χ3v) is 8.61. The number of halogens is 2. The summed E-state index contributed by atoms with van der Waals surface area (Å²) in [5, 5.41) is 18.0. The van der Waals surface area contributed by atoms with E-state index in [9.17, 15) is 9.18 Å². The third kappa shape index (κ3) is 7.44. The molecule has 0 radical (unpaired) electrons. The molecule has 9 nitrogen and oxygen atoms in total. The van der Waals surface area contributed by atoms with Crippen molar-refractivity contribution in [3.05, 3.63) is 58.3 Å². The van der Waals surface area contributed by atoms with Crippen molar-refractivity contribution in [1.82, 2.24) is 35.3 Å². The number of nitrogens with zero attached hydrogens (tertiary/aromatic N) is 6. The molecule has 1 aromatic heterocycles. The monoisotopic (exact) mass is 612 g/mol. The van der Waals surface area contributed by atoms with Gasteiger partial charge in [0.1, 0.15) is 5.82 Å². The predicted molar refractivity (Wildman–Crippen MR) is 157 cm³/mol. The number of anilines is 1. The van der Waals surface area contributed by atoms with Gasteiger partial charge in [-0.15, -0.1) is 5.10 Å². The highest BCUT2D eigenvalue weighted by atomic mass is 79.9. The molecule has 1 unspecified atom stereocenters. The minimum atomic E-state index is -0.201. The molecule has 2 aromatic carbocycles. The molecule has 0 spiro atoms. The number of hydrogen-bond donors (Lipinski definition) is 2. The predicted octanol–water partition coefficient (Wildman–Crippen LogP) is 4.57. The van der Waals surface area contributed by atoms with Crippen LogP contribution in [0.4, 0.5) is 14.9 Å². The number of urea groups is 1. The summed E-state index contributed by atoms with van der Waals surface area (Å²) < 4.78 is 15.8. The van der Waals surface area contributed by atoms with Gasteiger partial charge in [0.15, 0.2) is 5.82 Å². The van der Waals surface area contributed by atoms with Crippen LogP contribution in [0.1, 0.15) is 31.7 Å². The number of carbonyl (C=O) groups is 1. The van der Waals surface area contributed by atoms with Crippen molar-refractivity contribution in [2.24, 2.45) is 18.9 Å². The Bertz CT molecular complexity index is 1290. The molecule has 3 aromatic rings. The fraction of sp³-hybridized carbons (Fsp3) is 0.517. The SMILES string of the molecule is CCN1CC[C@@H](NC(=O)Nc2cc(Br)cc(-c3nnnn3C)c2)[C@H](CN2CCCC(Cc3ccc(F)cc3)C2)C1. The second-order valence-electron chi connectivity index (χ2n) is 11.1. The maximum Gasteiger partial charge on any atom is 0.319 e. The Morgan fingerprint density at radius 2 is 1.93 bits per heavy atom. The topological polar surface area (TPSA) is 91.2 Å². The fourth-order valence-electron chi connectivity index (χ4n) is 6.14. The fourth-order valence-corrected chi connectivity index (χ4v) is 6.63. The zero-order valence-electron chi connectivity index (χ0n) is 23.2. The molecular formula is C29H38BrFN8O. The first kappa shape index (κ1) is 28.6. The zero-order valence-corrected chi connectivity index (χ0v) is 24.8. The van der Waals surface area contributed by atoms with E-state index >= 15 is 0 Å². The molecule has 214 valence electrons. The second-order valence-corrected chi connectivity index (χ2v) is 12.0. The quantitative estimate of drug-likeness (QED) is 0.387. The van der Waals surface area contributed by atoms with Crippen molar-refractivity contribution < 1.29 is 9.18 Å². The molecule has 0 saturated carbocycles. The van der Waals surface area contributed by atoms with E-state index in [2.05, 4.69) is 58.8 Å². The first-order valence-corrected chi connectivity index (χ1v) is 15.0. The average molecular weight is 614 g/mol. The number of tetrazole rings is 1. The van der Waals surface area contributed by atoms with E-state index < -0.39 is 0 Å². The molecule has 2 aliphatic heterocycles. The van der Waals surface area contributed by atoms with E-state index in [4.69, 9.17) is 0 Å². The molecule has 3 atom stereocenters. The Morgan fingerprint density at radius 3 is 2.67 bits per heavy atom. The highest BCUT2D eigenvalue weighted by Crippen LogP contribution is 2.27. The number of aromatic nitrogens is 4. The first-order chi connectivity index (χ1) is 19.4. The van der Waals surface area contributed by atoms with E-state index in [0.29, 0.717) is 23.3 Å². The van der Waals surface area contributed by atoms with Crippen molar-refractivity contribution in [1.29, 1.82) is 0 Å². The Labute approximate surface area is 243 Å². The number of likely N-dealkylation sites (tertiary alicyclic amines) is 2. The highest BCUT2D eigenvalue weighted by molar-refractivity contribution is 9.10. The van der Waals surface area contributed by atoms with Crippen LogP contribution < -0.4 is 10.6 Å². The summed E-state index contributed by atoms with van der Waals surface area (Å²) in [6.45, 7) is 8.25. The lowest BCUT2D eigenvalue weighted by Gasteiger charge is -2.42. The molecule has 0 bridgehead atoms. The highest BCUT2D eigenvalue weighted by Gasteiger charge is 2.32. The average Bonchev–Trinajstić information content (AvgIpc) is 3.36. The molecule has 2 N–H and O–H groups in total. The first-order valence-electron chi connectivity index (χ1n) is 14.2. The van der Waals surface area contributed by atoms with Crippen LogP contribution in [-0.2, 0) is 13.5 Å². The minimum Gasteiger partial charge on any atom is -0.335 e. The second kappa shape index (κ2) is 13.2. The zero-order chi connectivity index (χ0) is 28.1. The maximum absolute atomic E-state index is 13.3. The van der Waals surface area contributed by atoms with Crippen molar-refractivity contribution in [2.45, 2.75) is 38.6 Å². The number of amides is 2. The maximum atomic E-state index is 13.3. The molecule has 2 fully saturated rings. The van der Waals surface area contributed by atoms with E-state index in [-0.39, 0.29) is 17.9 Å². The smallest absolute Gasteiger partial charge is 0.319 e. The summed E-state index contributed by atoms with van der Waals surface area (Å²) in [5.74, 6) is 1.34. The number of hydrogen-bond acceptors (Lipinski definition) is 6. The van der Waals surface area contributed by atoms with Crippen LogP contribution in [0.15, 0.2) is 46.9 Å². The number of rotatable bonds is 8. The molecule has 2 aliphatic rings. The number of aryl methyl sites for hydroxylation is 1. The van der Waals surface area contributed by atoms with Crippen molar-refractivity contribution in [3.63, 3.8) is 0 Å². The largest absolute Gasteiger partial charge is 0.335 e. The molecular weight excluding hydrogens is 575 g/mol. The Morgan fingerprint density at radius 1 is 1.10 bits per heavy atom. The van der Waals surface area contributed by atoms with Gasteiger partial charge >= 0.3 is 6.03 Å². The third-order valence-electron chi connectivity index (χ3n) is 8.15. The summed E-state index contributed by atoms with van der Waals surface area (Å²) in [7, 11) is 1.78. The van der Waals surface area contributed by atoms with Gasteiger partial charge in [-0.05, 0) is 91.0 Å². The number of benzene rings is 2. The lowest BCUT2D eigenvalue weighted by atomic mass is 9.88. The van der Waals surface area contributed by atoms with Crippen LogP contribution in [0.25, 0.3) is 11.4 Å². The molecule has 11 heteroatoms. The van der Waals surface area contributed by atoms with Crippen LogP contribution >= 0.6 is 15.9 Å². The Balaban J connectivity index is 1.21. The minimum absolute atomic E-state index is 0.0924. The van der Waals surface area contributed by atoms with Crippen molar-refractivity contribution in [2.75, 3.05) is 44.6 Å². The molecule has 2 amide bonds. The van der Waals surface area contributed by atoms with Gasteiger partial charge in [0, 0.05) is 60.9 Å². The lowest BCUT2D eigenvalue weighted by molar-refractivity contribution is 0.0876. The standard InChI is InChI=1S/C29H38BrFN8O/c1-3-38-12-10-27(33-29(40)32-26-15-22(14-24(30)16-26)28-34-35-36-37(28)2)23(18-38)19-39-11-4-5-21(17-39)13-20-6-8-25(31)9-7-20/h6-9,14-16,21,23,27H,3-5,10-13,17-19H2,1-2H3,(H2,32,33,40)/t21?,23-,27+/m0/s1. The lowest BCUT2D eigenvalue weighted by Crippen LogP contribution is -2.55. The van der Waals surface area contributed by atoms with Gasteiger partial charge in [-0.1, -0.05) is 35.0 Å². The van der Waals surface area contributed by atoms with Crippen LogP contribution in [0.5, 0.6) is 0 Å². The van der Waals surface area contributed by atoms with Gasteiger partial charge in [0.2, 0.25) is 0 Å². The summed E-state index contributed by atoms with van der Waals surface area (Å²) in [6, 6.07) is 12.5. The normalized spacial score (nSPS) is 22.2. The number of carbonyl (C=O) groups excluding carboxylic acids is 1. The number of nitrogens with one attached hydrogen (secondary N) is 2. The summed E-state index contributed by atoms with van der Waals surface area (Å²) in [4.78, 5) is 18.2. The van der Waals surface area contributed by atoms with Crippen LogP contribution in [0, 0.1) is 17.7 Å². The van der Waals surface area contributed by atoms with Crippen molar-refractivity contribution >= 4 is 27.6 Å². The van der Waals surface area contributed by atoms with Gasteiger partial charge in [0.25, 0.3) is 0 Å². The van der Waals surface area contributed by atoms with Crippen LogP contribution in [0.3, 0.4) is 0 Å². The summed E-state index contributed by atoms with van der Waals surface area (Å²) >= 11 is 3.54. The Hall–Kier alpha value is -2.89. The van der Waals surface area contributed by atoms with Crippen molar-refractivity contribution in [3.8, 4) is 11.4 Å². The van der Waals surface area contributed by atoms with Gasteiger partial charge < -0.3 is 20.4 Å². The van der Waals surface area contributed by atoms with Crippen LogP contribution in [-0.4, -0.2) is 81.3 Å². The van der Waals surface area contributed by atoms with Crippen LogP contribution in [0.2, 0.25) is 0 Å². The molecule has 5 rings (SSSR count). The molecule has 2 saturated heterocycles. The summed E-state index contributed by atoms with van der Waals surface area (Å²) in [5.41, 5.74) is 2.68. The van der Waals surface area contributed by atoms with E-state index in [1.807, 2.05) is 30.3 Å². The van der Waals surface area contributed by atoms with Gasteiger partial charge in [-0.3, -0.25) is 0 Å². The van der Waals surface area contributed by atoms with Gasteiger partial charge in [0.05, 0.1) is 0 Å². The molecule has 0 aliphatic carbocycles. The number of piperidine rings is 2. The van der Waals surface area contributed by atoms with Gasteiger partial charge in [-0.2, -0.15) is 0 Å². The van der Waals surface area contributed by atoms with E-state index in [1.165, 1.54) is 18.4 Å². The van der Waals surface area contributed by atoms with E-state index in [0.717, 1.165) is 62.1 Å². The van der Waals surface area contributed by atoms with Gasteiger partial charge in [-0.25, -0.2) is 13.9 Å². The Kier molecular flexibility index (Phi) is 9.44. The van der Waals surface area contributed by atoms with E-state index in [1.54, 1.807) is 23.9 Å². The molecule has 3 heterocycles.